The van der Waals surface area contributed by atoms with Crippen molar-refractivity contribution in [3.8, 4) is 0 Å². The first kappa shape index (κ1) is 13.4. The van der Waals surface area contributed by atoms with Gasteiger partial charge < -0.3 is 15.4 Å². The number of hydrogen-bond donors (Lipinski definition) is 2. The maximum atomic E-state index is 11.7. The highest BCUT2D eigenvalue weighted by Gasteiger charge is 2.29. The average Bonchev–Trinajstić information content (AvgIpc) is 3.31. The Balaban J connectivity index is 1.52. The number of nitrogens with one attached hydrogen (secondary N) is 2. The number of anilines is 2. The normalized spacial score (nSPS) is 22.3. The van der Waals surface area contributed by atoms with Crippen LogP contribution in [0.15, 0.2) is 24.3 Å². The van der Waals surface area contributed by atoms with Crippen LogP contribution in [0.1, 0.15) is 25.7 Å². The van der Waals surface area contributed by atoms with Crippen LogP contribution in [-0.2, 0) is 9.53 Å². The van der Waals surface area contributed by atoms with Crippen molar-refractivity contribution >= 4 is 17.3 Å². The molecule has 1 amide bonds. The van der Waals surface area contributed by atoms with Gasteiger partial charge in [0.05, 0.1) is 6.61 Å². The van der Waals surface area contributed by atoms with E-state index in [2.05, 4.69) is 10.6 Å². The molecule has 4 nitrogen and oxygen atoms in total. The maximum absolute atomic E-state index is 11.7. The molecule has 0 bridgehead atoms. The van der Waals surface area contributed by atoms with E-state index in [9.17, 15) is 4.79 Å². The summed E-state index contributed by atoms with van der Waals surface area (Å²) in [4.78, 5) is 11.7. The van der Waals surface area contributed by atoms with E-state index in [1.165, 1.54) is 6.42 Å². The predicted octanol–water partition coefficient (Wildman–Crippen LogP) is 2.87. The molecule has 0 aromatic heterocycles. The minimum Gasteiger partial charge on any atom is -0.385 e. The summed E-state index contributed by atoms with van der Waals surface area (Å²) in [7, 11) is 0. The molecule has 2 fully saturated rings. The van der Waals surface area contributed by atoms with Gasteiger partial charge in [-0.2, -0.15) is 0 Å². The molecule has 1 unspecified atom stereocenters. The van der Waals surface area contributed by atoms with E-state index in [1.54, 1.807) is 0 Å². The largest absolute Gasteiger partial charge is 0.385 e. The topological polar surface area (TPSA) is 50.4 Å². The average molecular weight is 274 g/mol. The van der Waals surface area contributed by atoms with Crippen LogP contribution >= 0.6 is 0 Å². The molecule has 20 heavy (non-hydrogen) atoms. The second-order valence-corrected chi connectivity index (χ2v) is 5.81. The smallest absolute Gasteiger partial charge is 0.227 e. The van der Waals surface area contributed by atoms with Gasteiger partial charge in [0, 0.05) is 30.4 Å². The Kier molecular flexibility index (Phi) is 4.21. The van der Waals surface area contributed by atoms with Gasteiger partial charge in [-0.15, -0.1) is 0 Å². The molecule has 2 N–H and O–H groups in total. The molecular weight excluding hydrogens is 252 g/mol. The summed E-state index contributed by atoms with van der Waals surface area (Å²) in [5.74, 6) is 0.988. The molecule has 1 saturated carbocycles. The third-order valence-electron chi connectivity index (χ3n) is 3.93. The Bertz CT molecular complexity index is 465. The highest BCUT2D eigenvalue weighted by Crippen LogP contribution is 2.30. The summed E-state index contributed by atoms with van der Waals surface area (Å²) in [6.45, 7) is 2.68. The minimum absolute atomic E-state index is 0.155. The van der Waals surface area contributed by atoms with Crippen molar-refractivity contribution in [2.45, 2.75) is 25.7 Å². The Morgan fingerprint density at radius 2 is 2.10 bits per heavy atom. The van der Waals surface area contributed by atoms with Crippen molar-refractivity contribution < 1.29 is 9.53 Å². The second kappa shape index (κ2) is 6.27. The monoisotopic (exact) mass is 274 g/mol. The van der Waals surface area contributed by atoms with Crippen molar-refractivity contribution in [1.82, 2.24) is 0 Å². The van der Waals surface area contributed by atoms with Crippen LogP contribution in [0.4, 0.5) is 11.4 Å². The van der Waals surface area contributed by atoms with Gasteiger partial charge >= 0.3 is 0 Å². The minimum atomic E-state index is 0.155. The molecule has 1 aromatic rings. The number of carbonyl (C=O) groups excluding carboxylic acids is 1. The van der Waals surface area contributed by atoms with Gasteiger partial charge in [0.25, 0.3) is 0 Å². The standard InChI is InChI=1S/C16H22N2O2/c19-16(13-6-7-13)18-15-5-1-4-14(9-15)17-10-12-3-2-8-20-11-12/h1,4-5,9,12-13,17H,2-3,6-8,10-11H2,(H,18,19). The fourth-order valence-corrected chi connectivity index (χ4v) is 2.53. The van der Waals surface area contributed by atoms with Crippen molar-refractivity contribution in [2.75, 3.05) is 30.4 Å². The lowest BCUT2D eigenvalue weighted by atomic mass is 10.0. The fourth-order valence-electron chi connectivity index (χ4n) is 2.53. The Labute approximate surface area is 119 Å². The molecule has 1 aliphatic heterocycles. The first-order valence-corrected chi connectivity index (χ1v) is 7.54. The van der Waals surface area contributed by atoms with Crippen LogP contribution in [0.25, 0.3) is 0 Å². The molecule has 0 radical (unpaired) electrons. The third kappa shape index (κ3) is 3.73. The van der Waals surface area contributed by atoms with Crippen LogP contribution in [0.3, 0.4) is 0 Å². The van der Waals surface area contributed by atoms with Crippen LogP contribution in [0.5, 0.6) is 0 Å². The molecule has 1 aliphatic carbocycles. The van der Waals surface area contributed by atoms with E-state index in [0.29, 0.717) is 5.92 Å². The first-order chi connectivity index (χ1) is 9.81. The molecule has 108 valence electrons. The maximum Gasteiger partial charge on any atom is 0.227 e. The molecule has 1 aromatic carbocycles. The lowest BCUT2D eigenvalue weighted by Crippen LogP contribution is -2.24. The Hall–Kier alpha value is -1.55. The van der Waals surface area contributed by atoms with Crippen LogP contribution in [0, 0.1) is 11.8 Å². The zero-order chi connectivity index (χ0) is 13.8. The number of rotatable bonds is 5. The molecule has 1 atom stereocenters. The number of ether oxygens (including phenoxy) is 1. The summed E-state index contributed by atoms with van der Waals surface area (Å²) < 4.78 is 5.48. The molecule has 2 aliphatic rings. The number of hydrogen-bond acceptors (Lipinski definition) is 3. The molecule has 1 saturated heterocycles. The van der Waals surface area contributed by atoms with E-state index in [-0.39, 0.29) is 11.8 Å². The van der Waals surface area contributed by atoms with Crippen LogP contribution in [0.2, 0.25) is 0 Å². The van der Waals surface area contributed by atoms with E-state index in [0.717, 1.165) is 50.4 Å². The predicted molar refractivity (Wildman–Crippen MR) is 79.8 cm³/mol. The molecular formula is C16H22N2O2. The second-order valence-electron chi connectivity index (χ2n) is 5.81. The van der Waals surface area contributed by atoms with Crippen LogP contribution < -0.4 is 10.6 Å². The summed E-state index contributed by atoms with van der Waals surface area (Å²) in [5.41, 5.74) is 1.94. The quantitative estimate of drug-likeness (QED) is 0.868. The van der Waals surface area contributed by atoms with Gasteiger partial charge in [0.2, 0.25) is 5.91 Å². The summed E-state index contributed by atoms with van der Waals surface area (Å²) in [5, 5.41) is 6.42. The van der Waals surface area contributed by atoms with Gasteiger partial charge in [-0.25, -0.2) is 0 Å². The molecule has 1 heterocycles. The summed E-state index contributed by atoms with van der Waals surface area (Å²) in [6, 6.07) is 7.96. The highest BCUT2D eigenvalue weighted by molar-refractivity contribution is 5.94. The zero-order valence-corrected chi connectivity index (χ0v) is 11.7. The molecule has 0 spiro atoms. The van der Waals surface area contributed by atoms with Gasteiger partial charge in [0.1, 0.15) is 0 Å². The number of benzene rings is 1. The van der Waals surface area contributed by atoms with Gasteiger partial charge in [-0.3, -0.25) is 4.79 Å². The number of amides is 1. The Morgan fingerprint density at radius 3 is 2.85 bits per heavy atom. The van der Waals surface area contributed by atoms with Crippen LogP contribution in [-0.4, -0.2) is 25.7 Å². The summed E-state index contributed by atoms with van der Waals surface area (Å²) >= 11 is 0. The van der Waals surface area contributed by atoms with Crippen molar-refractivity contribution in [2.24, 2.45) is 11.8 Å². The summed E-state index contributed by atoms with van der Waals surface area (Å²) in [6.07, 6.45) is 4.45. The van der Waals surface area contributed by atoms with Crippen molar-refractivity contribution in [1.29, 1.82) is 0 Å². The highest BCUT2D eigenvalue weighted by atomic mass is 16.5. The zero-order valence-electron chi connectivity index (χ0n) is 11.7. The molecule has 3 rings (SSSR count). The number of carbonyl (C=O) groups is 1. The lowest BCUT2D eigenvalue weighted by Gasteiger charge is -2.22. The van der Waals surface area contributed by atoms with E-state index >= 15 is 0 Å². The van der Waals surface area contributed by atoms with E-state index in [4.69, 9.17) is 4.74 Å². The fraction of sp³-hybridized carbons (Fsp3) is 0.562. The lowest BCUT2D eigenvalue weighted by molar-refractivity contribution is -0.117. The first-order valence-electron chi connectivity index (χ1n) is 7.54. The van der Waals surface area contributed by atoms with Gasteiger partial charge in [0.15, 0.2) is 0 Å². The van der Waals surface area contributed by atoms with Crippen molar-refractivity contribution in [3.05, 3.63) is 24.3 Å². The van der Waals surface area contributed by atoms with E-state index < -0.39 is 0 Å². The van der Waals surface area contributed by atoms with E-state index in [1.807, 2.05) is 24.3 Å². The van der Waals surface area contributed by atoms with Gasteiger partial charge in [-0.05, 0) is 49.8 Å². The SMILES string of the molecule is O=C(Nc1cccc(NCC2CCCOC2)c1)C1CC1. The van der Waals surface area contributed by atoms with Crippen molar-refractivity contribution in [3.63, 3.8) is 0 Å². The van der Waals surface area contributed by atoms with Gasteiger partial charge in [-0.1, -0.05) is 6.07 Å². The third-order valence-corrected chi connectivity index (χ3v) is 3.93. The Morgan fingerprint density at radius 1 is 1.25 bits per heavy atom. The molecule has 4 heteroatoms.